The Bertz CT molecular complexity index is 432. The Hall–Kier alpha value is -1.13. The molecule has 1 atom stereocenters. The third-order valence-electron chi connectivity index (χ3n) is 3.93. The normalized spacial score (nSPS) is 16.2. The van der Waals surface area contributed by atoms with Gasteiger partial charge < -0.3 is 15.4 Å². The van der Waals surface area contributed by atoms with Gasteiger partial charge >= 0.3 is 0 Å². The molecule has 1 unspecified atom stereocenters. The van der Waals surface area contributed by atoms with Crippen molar-refractivity contribution in [2.45, 2.75) is 51.6 Å². The second-order valence-electron chi connectivity index (χ2n) is 5.77. The summed E-state index contributed by atoms with van der Waals surface area (Å²) in [5.74, 6) is 1.11. The van der Waals surface area contributed by atoms with Crippen molar-refractivity contribution in [2.75, 3.05) is 25.2 Å². The molecular formula is C16H27N3O. The zero-order chi connectivity index (χ0) is 14.5. The van der Waals surface area contributed by atoms with Crippen molar-refractivity contribution in [3.63, 3.8) is 0 Å². The summed E-state index contributed by atoms with van der Waals surface area (Å²) in [6.45, 7) is 5.94. The Balaban J connectivity index is 2.10. The van der Waals surface area contributed by atoms with E-state index in [9.17, 15) is 0 Å². The Labute approximate surface area is 122 Å². The average molecular weight is 277 g/mol. The van der Waals surface area contributed by atoms with Gasteiger partial charge in [-0.1, -0.05) is 13.0 Å². The molecule has 0 aliphatic heterocycles. The number of aromatic nitrogens is 1. The summed E-state index contributed by atoms with van der Waals surface area (Å²) in [7, 11) is 1.75. The number of nitrogens with two attached hydrogens (primary N) is 1. The van der Waals surface area contributed by atoms with Crippen molar-refractivity contribution in [1.29, 1.82) is 0 Å². The van der Waals surface area contributed by atoms with Gasteiger partial charge in [-0.3, -0.25) is 0 Å². The highest BCUT2D eigenvalue weighted by Gasteiger charge is 2.30. The first-order valence-corrected chi connectivity index (χ1v) is 7.62. The van der Waals surface area contributed by atoms with Crippen LogP contribution in [0.2, 0.25) is 0 Å². The molecule has 4 heteroatoms. The maximum absolute atomic E-state index is 6.02. The van der Waals surface area contributed by atoms with Crippen LogP contribution >= 0.6 is 0 Å². The average Bonchev–Trinajstić information content (AvgIpc) is 3.25. The van der Waals surface area contributed by atoms with Gasteiger partial charge in [-0.05, 0) is 43.7 Å². The Morgan fingerprint density at radius 1 is 1.50 bits per heavy atom. The molecule has 1 aromatic heterocycles. The summed E-state index contributed by atoms with van der Waals surface area (Å²) in [6, 6.07) is 3.12. The van der Waals surface area contributed by atoms with E-state index in [4.69, 9.17) is 15.5 Å². The maximum atomic E-state index is 6.02. The number of anilines is 1. The van der Waals surface area contributed by atoms with E-state index in [0.717, 1.165) is 31.8 Å². The topological polar surface area (TPSA) is 51.4 Å². The van der Waals surface area contributed by atoms with Crippen molar-refractivity contribution in [3.05, 3.63) is 23.4 Å². The van der Waals surface area contributed by atoms with Gasteiger partial charge in [-0.2, -0.15) is 0 Å². The van der Waals surface area contributed by atoms with Crippen LogP contribution in [0.5, 0.6) is 0 Å². The molecule has 1 aliphatic carbocycles. The first kappa shape index (κ1) is 15.3. The van der Waals surface area contributed by atoms with Crippen LogP contribution in [0.3, 0.4) is 0 Å². The molecule has 0 radical (unpaired) electrons. The van der Waals surface area contributed by atoms with Gasteiger partial charge in [0.2, 0.25) is 0 Å². The van der Waals surface area contributed by atoms with Gasteiger partial charge in [0.1, 0.15) is 5.82 Å². The highest BCUT2D eigenvalue weighted by atomic mass is 16.5. The summed E-state index contributed by atoms with van der Waals surface area (Å²) < 4.78 is 5.22. The second kappa shape index (κ2) is 7.04. The highest BCUT2D eigenvalue weighted by molar-refractivity contribution is 5.49. The molecule has 0 spiro atoms. The molecule has 2 rings (SSSR count). The van der Waals surface area contributed by atoms with E-state index >= 15 is 0 Å². The van der Waals surface area contributed by atoms with Crippen LogP contribution < -0.4 is 10.6 Å². The molecular weight excluding hydrogens is 250 g/mol. The van der Waals surface area contributed by atoms with Crippen LogP contribution in [0.4, 0.5) is 5.82 Å². The SMILES string of the molecule is CCC(N)Cc1cnc(N(CCOC)C2CC2)c(C)c1. The van der Waals surface area contributed by atoms with E-state index < -0.39 is 0 Å². The fraction of sp³-hybridized carbons (Fsp3) is 0.688. The van der Waals surface area contributed by atoms with Gasteiger partial charge in [-0.15, -0.1) is 0 Å². The van der Waals surface area contributed by atoms with Crippen molar-refractivity contribution in [3.8, 4) is 0 Å². The largest absolute Gasteiger partial charge is 0.383 e. The first-order chi connectivity index (χ1) is 9.65. The molecule has 20 heavy (non-hydrogen) atoms. The number of hydrogen-bond acceptors (Lipinski definition) is 4. The lowest BCUT2D eigenvalue weighted by molar-refractivity contribution is 0.204. The Morgan fingerprint density at radius 3 is 2.80 bits per heavy atom. The molecule has 1 saturated carbocycles. The molecule has 0 bridgehead atoms. The summed E-state index contributed by atoms with van der Waals surface area (Å²) in [4.78, 5) is 7.09. The predicted molar refractivity (Wildman–Crippen MR) is 83.2 cm³/mol. The molecule has 1 aliphatic rings. The summed E-state index contributed by atoms with van der Waals surface area (Å²) >= 11 is 0. The number of pyridine rings is 1. The third-order valence-corrected chi connectivity index (χ3v) is 3.93. The van der Waals surface area contributed by atoms with E-state index in [1.54, 1.807) is 7.11 Å². The van der Waals surface area contributed by atoms with Crippen LogP contribution in [0.25, 0.3) is 0 Å². The standard InChI is InChI=1S/C16H27N3O/c1-4-14(17)10-13-9-12(2)16(18-11-13)19(7-8-20-3)15-5-6-15/h9,11,14-15H,4-8,10,17H2,1-3H3. The van der Waals surface area contributed by atoms with Crippen molar-refractivity contribution in [1.82, 2.24) is 4.98 Å². The van der Waals surface area contributed by atoms with Crippen LogP contribution in [0.1, 0.15) is 37.3 Å². The van der Waals surface area contributed by atoms with Crippen molar-refractivity contribution >= 4 is 5.82 Å². The molecule has 2 N–H and O–H groups in total. The fourth-order valence-electron chi connectivity index (χ4n) is 2.52. The van der Waals surface area contributed by atoms with E-state index in [1.165, 1.54) is 24.0 Å². The number of aryl methyl sites for hydroxylation is 1. The lowest BCUT2D eigenvalue weighted by Gasteiger charge is -2.25. The second-order valence-corrected chi connectivity index (χ2v) is 5.77. The molecule has 1 aromatic rings. The van der Waals surface area contributed by atoms with Crippen molar-refractivity contribution < 1.29 is 4.74 Å². The number of methoxy groups -OCH3 is 1. The lowest BCUT2D eigenvalue weighted by atomic mass is 10.0. The molecule has 0 amide bonds. The Morgan fingerprint density at radius 2 is 2.25 bits per heavy atom. The van der Waals surface area contributed by atoms with Gasteiger partial charge in [-0.25, -0.2) is 4.98 Å². The number of ether oxygens (including phenoxy) is 1. The van der Waals surface area contributed by atoms with E-state index in [1.807, 2.05) is 6.20 Å². The summed E-state index contributed by atoms with van der Waals surface area (Å²) in [5.41, 5.74) is 8.51. The minimum atomic E-state index is 0.232. The highest BCUT2D eigenvalue weighted by Crippen LogP contribution is 2.32. The van der Waals surface area contributed by atoms with Crippen LogP contribution in [-0.4, -0.2) is 37.3 Å². The Kier molecular flexibility index (Phi) is 5.38. The lowest BCUT2D eigenvalue weighted by Crippen LogP contribution is -2.31. The molecule has 0 aromatic carbocycles. The molecule has 0 saturated heterocycles. The smallest absolute Gasteiger partial charge is 0.131 e. The molecule has 112 valence electrons. The van der Waals surface area contributed by atoms with Crippen LogP contribution in [0, 0.1) is 6.92 Å². The van der Waals surface area contributed by atoms with Gasteiger partial charge in [0, 0.05) is 31.9 Å². The maximum Gasteiger partial charge on any atom is 0.131 e. The third kappa shape index (κ3) is 3.93. The van der Waals surface area contributed by atoms with E-state index in [-0.39, 0.29) is 6.04 Å². The fourth-order valence-corrected chi connectivity index (χ4v) is 2.52. The molecule has 1 fully saturated rings. The van der Waals surface area contributed by atoms with Gasteiger partial charge in [0.25, 0.3) is 0 Å². The number of nitrogens with zero attached hydrogens (tertiary/aromatic N) is 2. The van der Waals surface area contributed by atoms with Crippen LogP contribution in [-0.2, 0) is 11.2 Å². The molecule has 4 nitrogen and oxygen atoms in total. The predicted octanol–water partition coefficient (Wildman–Crippen LogP) is 2.29. The summed E-state index contributed by atoms with van der Waals surface area (Å²) in [6.07, 6.45) is 6.44. The first-order valence-electron chi connectivity index (χ1n) is 7.62. The van der Waals surface area contributed by atoms with E-state index in [0.29, 0.717) is 6.04 Å². The van der Waals surface area contributed by atoms with Crippen molar-refractivity contribution in [2.24, 2.45) is 5.73 Å². The zero-order valence-electron chi connectivity index (χ0n) is 12.9. The zero-order valence-corrected chi connectivity index (χ0v) is 12.9. The molecule has 1 heterocycles. The van der Waals surface area contributed by atoms with Crippen LogP contribution in [0.15, 0.2) is 12.3 Å². The van der Waals surface area contributed by atoms with Gasteiger partial charge in [0.05, 0.1) is 6.61 Å². The minimum absolute atomic E-state index is 0.232. The minimum Gasteiger partial charge on any atom is -0.383 e. The monoisotopic (exact) mass is 277 g/mol. The quantitative estimate of drug-likeness (QED) is 0.792. The number of hydrogen-bond donors (Lipinski definition) is 1. The number of rotatable bonds is 8. The van der Waals surface area contributed by atoms with Gasteiger partial charge in [0.15, 0.2) is 0 Å². The summed E-state index contributed by atoms with van der Waals surface area (Å²) in [5, 5.41) is 0. The van der Waals surface area contributed by atoms with E-state index in [2.05, 4.69) is 24.8 Å².